The lowest BCUT2D eigenvalue weighted by Gasteiger charge is -2.13. The standard InChI is InChI=1S/C17H14FNO3/c18-12-3-1-2-4-13(12)19-17(20)15-11-6-8-21-14(11)9-10-5-7-22-16(10)15/h1-4,9H,5-8H2,(H,19,20). The Labute approximate surface area is 126 Å². The molecule has 0 fully saturated rings. The molecular formula is C17H14FNO3. The Hall–Kier alpha value is -2.56. The third kappa shape index (κ3) is 2.01. The summed E-state index contributed by atoms with van der Waals surface area (Å²) in [6.45, 7) is 1.11. The molecule has 2 aromatic rings. The van der Waals surface area contributed by atoms with Crippen molar-refractivity contribution in [3.05, 3.63) is 52.8 Å². The predicted octanol–water partition coefficient (Wildman–Crippen LogP) is 2.95. The largest absolute Gasteiger partial charge is 0.493 e. The maximum atomic E-state index is 13.7. The molecule has 4 nitrogen and oxygen atoms in total. The van der Waals surface area contributed by atoms with Gasteiger partial charge in [-0.05, 0) is 18.2 Å². The van der Waals surface area contributed by atoms with E-state index in [9.17, 15) is 9.18 Å². The summed E-state index contributed by atoms with van der Waals surface area (Å²) in [5.41, 5.74) is 2.45. The molecule has 2 aliphatic rings. The van der Waals surface area contributed by atoms with Crippen molar-refractivity contribution in [2.45, 2.75) is 12.8 Å². The summed E-state index contributed by atoms with van der Waals surface area (Å²) < 4.78 is 25.0. The fourth-order valence-corrected chi connectivity index (χ4v) is 2.97. The van der Waals surface area contributed by atoms with Gasteiger partial charge in [0, 0.05) is 24.0 Å². The number of carbonyl (C=O) groups is 1. The second-order valence-corrected chi connectivity index (χ2v) is 5.35. The number of rotatable bonds is 2. The number of carbonyl (C=O) groups excluding carboxylic acids is 1. The molecule has 0 atom stereocenters. The number of hydrogen-bond acceptors (Lipinski definition) is 3. The fourth-order valence-electron chi connectivity index (χ4n) is 2.97. The van der Waals surface area contributed by atoms with Gasteiger partial charge in [-0.2, -0.15) is 0 Å². The van der Waals surface area contributed by atoms with E-state index in [0.29, 0.717) is 30.9 Å². The van der Waals surface area contributed by atoms with E-state index in [2.05, 4.69) is 5.32 Å². The summed E-state index contributed by atoms with van der Waals surface area (Å²) in [6, 6.07) is 8.06. The molecule has 0 saturated carbocycles. The van der Waals surface area contributed by atoms with Gasteiger partial charge in [0.05, 0.1) is 24.5 Å². The molecule has 0 spiro atoms. The molecular weight excluding hydrogens is 285 g/mol. The molecule has 2 aliphatic heterocycles. The van der Waals surface area contributed by atoms with Crippen LogP contribution in [0.1, 0.15) is 21.5 Å². The number of halogens is 1. The van der Waals surface area contributed by atoms with Gasteiger partial charge in [-0.1, -0.05) is 12.1 Å². The van der Waals surface area contributed by atoms with Gasteiger partial charge in [-0.25, -0.2) is 4.39 Å². The van der Waals surface area contributed by atoms with Crippen LogP contribution in [0, 0.1) is 5.82 Å². The van der Waals surface area contributed by atoms with Gasteiger partial charge in [0.2, 0.25) is 0 Å². The van der Waals surface area contributed by atoms with Crippen LogP contribution >= 0.6 is 0 Å². The zero-order valence-corrected chi connectivity index (χ0v) is 11.8. The molecule has 0 unspecified atom stereocenters. The van der Waals surface area contributed by atoms with E-state index in [4.69, 9.17) is 9.47 Å². The molecule has 2 aromatic carbocycles. The summed E-state index contributed by atoms with van der Waals surface area (Å²) in [5, 5.41) is 2.64. The van der Waals surface area contributed by atoms with E-state index >= 15 is 0 Å². The molecule has 4 rings (SSSR count). The van der Waals surface area contributed by atoms with Gasteiger partial charge in [0.1, 0.15) is 17.3 Å². The lowest BCUT2D eigenvalue weighted by Crippen LogP contribution is -2.16. The van der Waals surface area contributed by atoms with E-state index in [1.165, 1.54) is 12.1 Å². The molecule has 0 radical (unpaired) electrons. The third-order valence-corrected chi connectivity index (χ3v) is 4.00. The Morgan fingerprint density at radius 2 is 1.95 bits per heavy atom. The third-order valence-electron chi connectivity index (χ3n) is 4.00. The van der Waals surface area contributed by atoms with E-state index in [0.717, 1.165) is 23.3 Å². The number of amides is 1. The highest BCUT2D eigenvalue weighted by Gasteiger charge is 2.30. The quantitative estimate of drug-likeness (QED) is 0.927. The number of ether oxygens (including phenoxy) is 2. The van der Waals surface area contributed by atoms with Crippen molar-refractivity contribution in [1.82, 2.24) is 0 Å². The Kier molecular flexibility index (Phi) is 2.99. The molecule has 2 heterocycles. The predicted molar refractivity (Wildman–Crippen MR) is 79.2 cm³/mol. The minimum absolute atomic E-state index is 0.163. The average Bonchev–Trinajstić information content (AvgIpc) is 3.15. The van der Waals surface area contributed by atoms with Crippen molar-refractivity contribution >= 4 is 11.6 Å². The zero-order chi connectivity index (χ0) is 15.1. The first-order valence-corrected chi connectivity index (χ1v) is 7.24. The summed E-state index contributed by atoms with van der Waals surface area (Å²) in [5.74, 6) is 0.531. The highest BCUT2D eigenvalue weighted by atomic mass is 19.1. The van der Waals surface area contributed by atoms with Crippen molar-refractivity contribution in [3.63, 3.8) is 0 Å². The van der Waals surface area contributed by atoms with Gasteiger partial charge < -0.3 is 14.8 Å². The lowest BCUT2D eigenvalue weighted by atomic mass is 9.99. The van der Waals surface area contributed by atoms with Crippen LogP contribution in [0.2, 0.25) is 0 Å². The fraction of sp³-hybridized carbons (Fsp3) is 0.235. The smallest absolute Gasteiger partial charge is 0.259 e. The minimum Gasteiger partial charge on any atom is -0.493 e. The monoisotopic (exact) mass is 299 g/mol. The molecule has 1 N–H and O–H groups in total. The molecule has 0 bridgehead atoms. The summed E-state index contributed by atoms with van der Waals surface area (Å²) >= 11 is 0. The van der Waals surface area contributed by atoms with Crippen LogP contribution in [0.15, 0.2) is 30.3 Å². The Morgan fingerprint density at radius 3 is 2.82 bits per heavy atom. The van der Waals surface area contributed by atoms with Gasteiger partial charge >= 0.3 is 0 Å². The normalized spacial score (nSPS) is 14.8. The van der Waals surface area contributed by atoms with Crippen molar-refractivity contribution in [2.24, 2.45) is 0 Å². The Bertz CT molecular complexity index is 740. The van der Waals surface area contributed by atoms with E-state index in [1.807, 2.05) is 6.07 Å². The second-order valence-electron chi connectivity index (χ2n) is 5.35. The zero-order valence-electron chi connectivity index (χ0n) is 11.8. The van der Waals surface area contributed by atoms with Crippen LogP contribution in [-0.4, -0.2) is 19.1 Å². The average molecular weight is 299 g/mol. The van der Waals surface area contributed by atoms with Crippen LogP contribution in [0.25, 0.3) is 0 Å². The minimum atomic E-state index is -0.461. The van der Waals surface area contributed by atoms with Crippen LogP contribution in [0.4, 0.5) is 10.1 Å². The van der Waals surface area contributed by atoms with Crippen LogP contribution < -0.4 is 14.8 Å². The summed E-state index contributed by atoms with van der Waals surface area (Å²) in [4.78, 5) is 12.7. The van der Waals surface area contributed by atoms with Gasteiger partial charge in [0.15, 0.2) is 0 Å². The van der Waals surface area contributed by atoms with Crippen LogP contribution in [0.5, 0.6) is 11.5 Å². The summed E-state index contributed by atoms with van der Waals surface area (Å²) in [6.07, 6.45) is 1.41. The number of anilines is 1. The number of benzene rings is 2. The first-order valence-electron chi connectivity index (χ1n) is 7.24. The van der Waals surface area contributed by atoms with Crippen molar-refractivity contribution < 1.29 is 18.7 Å². The summed E-state index contributed by atoms with van der Waals surface area (Å²) in [7, 11) is 0. The molecule has 0 saturated heterocycles. The van der Waals surface area contributed by atoms with E-state index < -0.39 is 5.82 Å². The first kappa shape index (κ1) is 13.1. The number of para-hydroxylation sites is 1. The number of nitrogens with one attached hydrogen (secondary N) is 1. The number of fused-ring (bicyclic) bond motifs is 2. The molecule has 22 heavy (non-hydrogen) atoms. The number of hydrogen-bond donors (Lipinski definition) is 1. The SMILES string of the molecule is O=C(Nc1ccccc1F)c1c2c(cc3c1OCC3)OCC2. The topological polar surface area (TPSA) is 47.6 Å². The van der Waals surface area contributed by atoms with Crippen molar-refractivity contribution in [2.75, 3.05) is 18.5 Å². The Balaban J connectivity index is 1.76. The van der Waals surface area contributed by atoms with Gasteiger partial charge in [0.25, 0.3) is 5.91 Å². The highest BCUT2D eigenvalue weighted by Crippen LogP contribution is 2.40. The molecule has 0 aliphatic carbocycles. The highest BCUT2D eigenvalue weighted by molar-refractivity contribution is 6.08. The second kappa shape index (κ2) is 5.02. The first-order chi connectivity index (χ1) is 10.7. The van der Waals surface area contributed by atoms with E-state index in [-0.39, 0.29) is 11.6 Å². The molecule has 0 aromatic heterocycles. The van der Waals surface area contributed by atoms with Crippen molar-refractivity contribution in [1.29, 1.82) is 0 Å². The van der Waals surface area contributed by atoms with E-state index in [1.54, 1.807) is 12.1 Å². The van der Waals surface area contributed by atoms with Crippen molar-refractivity contribution in [3.8, 4) is 11.5 Å². The lowest BCUT2D eigenvalue weighted by molar-refractivity contribution is 0.102. The maximum Gasteiger partial charge on any atom is 0.259 e. The molecule has 1 amide bonds. The van der Waals surface area contributed by atoms with Crippen LogP contribution in [0.3, 0.4) is 0 Å². The van der Waals surface area contributed by atoms with Crippen LogP contribution in [-0.2, 0) is 12.8 Å². The van der Waals surface area contributed by atoms with Gasteiger partial charge in [-0.3, -0.25) is 4.79 Å². The van der Waals surface area contributed by atoms with Gasteiger partial charge in [-0.15, -0.1) is 0 Å². The molecule has 112 valence electrons. The molecule has 5 heteroatoms. The maximum absolute atomic E-state index is 13.7. The Morgan fingerprint density at radius 1 is 1.14 bits per heavy atom.